The van der Waals surface area contributed by atoms with Gasteiger partial charge in [0.2, 0.25) is 0 Å². The molecule has 0 amide bonds. The SMILES string of the molecule is CCCNC(CCCC(C)C)C(C)(CC)N1CCCCC1. The second-order valence-corrected chi connectivity index (χ2v) is 7.59. The van der Waals surface area contributed by atoms with Gasteiger partial charge in [-0.2, -0.15) is 0 Å². The second-order valence-electron chi connectivity index (χ2n) is 7.59. The molecule has 0 radical (unpaired) electrons. The Balaban J connectivity index is 2.69. The lowest BCUT2D eigenvalue weighted by Crippen LogP contribution is -2.60. The number of hydrogen-bond acceptors (Lipinski definition) is 2. The molecule has 1 aliphatic heterocycles. The summed E-state index contributed by atoms with van der Waals surface area (Å²) in [6.07, 6.45) is 10.8. The van der Waals surface area contributed by atoms with Crippen molar-refractivity contribution < 1.29 is 0 Å². The van der Waals surface area contributed by atoms with Crippen LogP contribution in [-0.2, 0) is 0 Å². The van der Waals surface area contributed by atoms with Crippen molar-refractivity contribution in [1.82, 2.24) is 10.2 Å². The van der Waals surface area contributed by atoms with Crippen molar-refractivity contribution in [2.24, 2.45) is 5.92 Å². The highest BCUT2D eigenvalue weighted by Gasteiger charge is 2.37. The molecular formula is C19H40N2. The lowest BCUT2D eigenvalue weighted by molar-refractivity contribution is 0.0392. The molecular weight excluding hydrogens is 256 g/mol. The summed E-state index contributed by atoms with van der Waals surface area (Å²) >= 11 is 0. The molecule has 126 valence electrons. The van der Waals surface area contributed by atoms with E-state index >= 15 is 0 Å². The Bertz CT molecular complexity index is 258. The van der Waals surface area contributed by atoms with E-state index in [9.17, 15) is 0 Å². The molecule has 0 aliphatic carbocycles. The molecule has 0 bridgehead atoms. The quantitative estimate of drug-likeness (QED) is 0.621. The molecule has 1 rings (SSSR count). The van der Waals surface area contributed by atoms with Crippen molar-refractivity contribution in [2.45, 2.75) is 97.6 Å². The smallest absolute Gasteiger partial charge is 0.0331 e. The summed E-state index contributed by atoms with van der Waals surface area (Å²) in [5.74, 6) is 0.833. The average Bonchev–Trinajstić information content (AvgIpc) is 2.50. The van der Waals surface area contributed by atoms with Gasteiger partial charge in [0.1, 0.15) is 0 Å². The maximum absolute atomic E-state index is 3.89. The first-order valence-corrected chi connectivity index (χ1v) is 9.53. The van der Waals surface area contributed by atoms with Crippen LogP contribution < -0.4 is 5.32 Å². The van der Waals surface area contributed by atoms with E-state index in [-0.39, 0.29) is 0 Å². The Labute approximate surface area is 134 Å². The fraction of sp³-hybridized carbons (Fsp3) is 1.00. The summed E-state index contributed by atoms with van der Waals surface area (Å²) in [7, 11) is 0. The van der Waals surface area contributed by atoms with Crippen LogP contribution >= 0.6 is 0 Å². The zero-order chi connectivity index (χ0) is 15.7. The lowest BCUT2D eigenvalue weighted by atomic mass is 9.82. The first-order valence-electron chi connectivity index (χ1n) is 9.53. The van der Waals surface area contributed by atoms with E-state index in [1.807, 2.05) is 0 Å². The van der Waals surface area contributed by atoms with Crippen LogP contribution in [0.2, 0.25) is 0 Å². The third-order valence-electron chi connectivity index (χ3n) is 5.46. The standard InChI is InChI=1S/C19H40N2/c1-6-14-20-18(13-11-12-17(3)4)19(5,7-2)21-15-9-8-10-16-21/h17-18,20H,6-16H2,1-5H3. The van der Waals surface area contributed by atoms with Gasteiger partial charge in [0.05, 0.1) is 0 Å². The number of piperidine rings is 1. The summed E-state index contributed by atoms with van der Waals surface area (Å²) in [4.78, 5) is 2.79. The minimum Gasteiger partial charge on any atom is -0.312 e. The predicted molar refractivity (Wildman–Crippen MR) is 94.9 cm³/mol. The van der Waals surface area contributed by atoms with E-state index in [1.54, 1.807) is 0 Å². The fourth-order valence-corrected chi connectivity index (χ4v) is 3.78. The zero-order valence-electron chi connectivity index (χ0n) is 15.4. The Morgan fingerprint density at radius 3 is 2.24 bits per heavy atom. The Kier molecular flexibility index (Phi) is 8.89. The van der Waals surface area contributed by atoms with Crippen LogP contribution in [0.25, 0.3) is 0 Å². The van der Waals surface area contributed by atoms with Gasteiger partial charge in [0.25, 0.3) is 0 Å². The maximum Gasteiger partial charge on any atom is 0.0331 e. The highest BCUT2D eigenvalue weighted by Crippen LogP contribution is 2.30. The maximum atomic E-state index is 3.89. The van der Waals surface area contributed by atoms with Gasteiger partial charge in [-0.1, -0.05) is 47.0 Å². The van der Waals surface area contributed by atoms with Crippen LogP contribution in [0, 0.1) is 5.92 Å². The average molecular weight is 297 g/mol. The first-order chi connectivity index (χ1) is 10.0. The molecule has 1 aliphatic rings. The molecule has 0 aromatic rings. The molecule has 21 heavy (non-hydrogen) atoms. The minimum absolute atomic E-state index is 0.340. The van der Waals surface area contributed by atoms with Crippen LogP contribution in [0.4, 0.5) is 0 Å². The Hall–Kier alpha value is -0.0800. The molecule has 0 aromatic heterocycles. The molecule has 0 aromatic carbocycles. The minimum atomic E-state index is 0.340. The topological polar surface area (TPSA) is 15.3 Å². The van der Waals surface area contributed by atoms with Gasteiger partial charge in [-0.05, 0) is 64.6 Å². The summed E-state index contributed by atoms with van der Waals surface area (Å²) in [6.45, 7) is 15.6. The van der Waals surface area contributed by atoms with Crippen molar-refractivity contribution >= 4 is 0 Å². The highest BCUT2D eigenvalue weighted by atomic mass is 15.2. The molecule has 0 saturated carbocycles. The van der Waals surface area contributed by atoms with E-state index in [1.165, 1.54) is 64.5 Å². The Morgan fingerprint density at radius 1 is 1.05 bits per heavy atom. The van der Waals surface area contributed by atoms with Crippen molar-refractivity contribution in [1.29, 1.82) is 0 Å². The first kappa shape index (κ1) is 19.0. The van der Waals surface area contributed by atoms with Crippen LogP contribution in [0.5, 0.6) is 0 Å². The van der Waals surface area contributed by atoms with Gasteiger partial charge in [-0.15, -0.1) is 0 Å². The lowest BCUT2D eigenvalue weighted by Gasteiger charge is -2.48. The number of rotatable bonds is 10. The molecule has 1 heterocycles. The molecule has 2 nitrogen and oxygen atoms in total. The monoisotopic (exact) mass is 296 g/mol. The normalized spacial score (nSPS) is 21.4. The summed E-state index contributed by atoms with van der Waals surface area (Å²) in [5.41, 5.74) is 0.340. The van der Waals surface area contributed by atoms with Crippen molar-refractivity contribution in [3.8, 4) is 0 Å². The molecule has 2 unspecified atom stereocenters. The van der Waals surface area contributed by atoms with Gasteiger partial charge >= 0.3 is 0 Å². The van der Waals surface area contributed by atoms with E-state index < -0.39 is 0 Å². The van der Waals surface area contributed by atoms with E-state index in [4.69, 9.17) is 0 Å². The van der Waals surface area contributed by atoms with Crippen molar-refractivity contribution in [3.05, 3.63) is 0 Å². The fourth-order valence-electron chi connectivity index (χ4n) is 3.78. The molecule has 2 atom stereocenters. The van der Waals surface area contributed by atoms with Gasteiger partial charge in [0, 0.05) is 11.6 Å². The van der Waals surface area contributed by atoms with Crippen LogP contribution in [0.15, 0.2) is 0 Å². The third-order valence-corrected chi connectivity index (χ3v) is 5.46. The van der Waals surface area contributed by atoms with Crippen molar-refractivity contribution in [3.63, 3.8) is 0 Å². The molecule has 2 heteroatoms. The number of hydrogen-bond donors (Lipinski definition) is 1. The largest absolute Gasteiger partial charge is 0.312 e. The summed E-state index contributed by atoms with van der Waals surface area (Å²) in [5, 5.41) is 3.89. The third kappa shape index (κ3) is 5.90. The number of nitrogens with zero attached hydrogens (tertiary/aromatic N) is 1. The predicted octanol–water partition coefficient (Wildman–Crippen LogP) is 4.84. The Morgan fingerprint density at radius 2 is 1.71 bits per heavy atom. The molecule has 0 spiro atoms. The van der Waals surface area contributed by atoms with E-state index in [0.717, 1.165) is 12.5 Å². The molecule has 1 N–H and O–H groups in total. The van der Waals surface area contributed by atoms with Crippen LogP contribution in [-0.4, -0.2) is 36.1 Å². The van der Waals surface area contributed by atoms with Gasteiger partial charge in [-0.3, -0.25) is 4.90 Å². The highest BCUT2D eigenvalue weighted by molar-refractivity contribution is 4.97. The van der Waals surface area contributed by atoms with Gasteiger partial charge in [0.15, 0.2) is 0 Å². The number of likely N-dealkylation sites (tertiary alicyclic amines) is 1. The zero-order valence-corrected chi connectivity index (χ0v) is 15.4. The second kappa shape index (κ2) is 9.84. The van der Waals surface area contributed by atoms with E-state index in [2.05, 4.69) is 44.8 Å². The van der Waals surface area contributed by atoms with Gasteiger partial charge < -0.3 is 5.32 Å². The van der Waals surface area contributed by atoms with E-state index in [0.29, 0.717) is 11.6 Å². The number of nitrogens with one attached hydrogen (secondary N) is 1. The van der Waals surface area contributed by atoms with Crippen LogP contribution in [0.1, 0.15) is 86.0 Å². The summed E-state index contributed by atoms with van der Waals surface area (Å²) < 4.78 is 0. The van der Waals surface area contributed by atoms with Crippen LogP contribution in [0.3, 0.4) is 0 Å². The van der Waals surface area contributed by atoms with Crippen molar-refractivity contribution in [2.75, 3.05) is 19.6 Å². The molecule has 1 saturated heterocycles. The summed E-state index contributed by atoms with van der Waals surface area (Å²) in [6, 6.07) is 0.652. The molecule has 1 fully saturated rings. The van der Waals surface area contributed by atoms with Gasteiger partial charge in [-0.25, -0.2) is 0 Å².